The summed E-state index contributed by atoms with van der Waals surface area (Å²) in [4.78, 5) is 64.3. The van der Waals surface area contributed by atoms with E-state index in [0.29, 0.717) is 78.0 Å². The van der Waals surface area contributed by atoms with Crippen molar-refractivity contribution >= 4 is 166 Å². The third-order valence-corrected chi connectivity index (χ3v) is 18.6. The fraction of sp³-hybridized carbons (Fsp3) is 0.293. The van der Waals surface area contributed by atoms with E-state index in [1.165, 1.54) is 79.9 Å². The minimum atomic E-state index is -3.91. The van der Waals surface area contributed by atoms with Gasteiger partial charge in [-0.15, -0.1) is 0 Å². The van der Waals surface area contributed by atoms with E-state index < -0.39 is 40.3 Å². The molecule has 0 saturated heterocycles. The molecule has 1 atom stereocenters. The number of nitrogens with zero attached hydrogens (tertiary/aromatic N) is 2. The van der Waals surface area contributed by atoms with Crippen LogP contribution in [-0.2, 0) is 94.4 Å². The van der Waals surface area contributed by atoms with E-state index in [1.54, 1.807) is 60.8 Å². The molecular weight excluding hydrogens is 1790 g/mol. The zero-order valence-electron chi connectivity index (χ0n) is 58.1. The van der Waals surface area contributed by atoms with E-state index in [0.717, 1.165) is 67.3 Å². The summed E-state index contributed by atoms with van der Waals surface area (Å²) in [6.45, 7) is 18.0. The molecule has 1 amide bonds. The Balaban J connectivity index is 0.000000337. The van der Waals surface area contributed by atoms with Crippen molar-refractivity contribution in [2.24, 2.45) is 0 Å². The molecule has 0 radical (unpaired) electrons. The van der Waals surface area contributed by atoms with Crippen LogP contribution in [0, 0.1) is 15.4 Å². The molecule has 0 spiro atoms. The molecule has 0 aliphatic rings. The predicted octanol–water partition coefficient (Wildman–Crippen LogP) is 19.8. The van der Waals surface area contributed by atoms with Gasteiger partial charge in [0.25, 0.3) is 10.0 Å². The second-order valence-electron chi connectivity index (χ2n) is 20.9. The molecule has 1 N–H and O–H groups in total. The Labute approximate surface area is 661 Å². The molecule has 16 nitrogen and oxygen atoms in total. The first-order valence-corrected chi connectivity index (χ1v) is 44.9. The summed E-state index contributed by atoms with van der Waals surface area (Å²) in [6.07, 6.45) is 7.88. The number of halogens is 8. The van der Waals surface area contributed by atoms with Crippen molar-refractivity contribution in [1.29, 1.82) is 0 Å². The second-order valence-corrected chi connectivity index (χ2v) is 37.9. The zero-order chi connectivity index (χ0) is 75.5. The summed E-state index contributed by atoms with van der Waals surface area (Å²) in [5, 5.41) is 3.03. The average Bonchev–Trinajstić information content (AvgIpc) is 1.65. The Hall–Kier alpha value is -5.38. The van der Waals surface area contributed by atoms with Gasteiger partial charge in [0.05, 0.1) is 67.6 Å². The molecule has 0 aliphatic heterocycles. The number of esters is 4. The van der Waals surface area contributed by atoms with E-state index in [-0.39, 0.29) is 28.0 Å². The quantitative estimate of drug-likeness (QED) is 0.0189. The Morgan fingerprint density at radius 3 is 1.55 bits per heavy atom. The topological polar surface area (TPSA) is 199 Å². The monoisotopic (exact) mass is 1870 g/mol. The van der Waals surface area contributed by atoms with Crippen molar-refractivity contribution in [3.05, 3.63) is 231 Å². The Bertz CT molecular complexity index is 4250. The summed E-state index contributed by atoms with van der Waals surface area (Å²) < 4.78 is 59.0. The molecule has 101 heavy (non-hydrogen) atoms. The number of amides is 1. The van der Waals surface area contributed by atoms with Gasteiger partial charge in [-0.25, -0.2) is 31.6 Å². The Kier molecular flexibility index (Phi) is 41.9. The first-order chi connectivity index (χ1) is 48.2. The average molecular weight is 1870 g/mol. The van der Waals surface area contributed by atoms with Gasteiger partial charge in [-0.3, -0.25) is 4.79 Å². The summed E-state index contributed by atoms with van der Waals surface area (Å²) in [7, 11) is 1.94. The zero-order valence-corrected chi connectivity index (χ0v) is 70.6. The fourth-order valence-corrected chi connectivity index (χ4v) is 13.2. The van der Waals surface area contributed by atoms with Crippen molar-refractivity contribution in [2.45, 2.75) is 112 Å². The predicted molar refractivity (Wildman–Crippen MR) is 428 cm³/mol. The molecule has 6 aromatic carbocycles. The van der Waals surface area contributed by atoms with Gasteiger partial charge in [-0.2, -0.15) is 0 Å². The number of aromatic amines is 1. The van der Waals surface area contributed by atoms with E-state index in [2.05, 4.69) is 104 Å². The number of carbonyl (C=O) groups is 5. The molecule has 0 bridgehead atoms. The summed E-state index contributed by atoms with van der Waals surface area (Å²) in [5.41, 5.74) is 10.4. The molecule has 541 valence electrons. The van der Waals surface area contributed by atoms with Crippen molar-refractivity contribution in [2.75, 3.05) is 41.7 Å². The van der Waals surface area contributed by atoms with Gasteiger partial charge in [-0.1, -0.05) is 147 Å². The molecule has 2 aromatic heterocycles. The normalized spacial score (nSPS) is 10.9. The van der Waals surface area contributed by atoms with Gasteiger partial charge in [0, 0.05) is 95.5 Å². The van der Waals surface area contributed by atoms with Crippen LogP contribution in [0.3, 0.4) is 0 Å². The third-order valence-electron chi connectivity index (χ3n) is 14.7. The molecule has 26 heteroatoms. The van der Waals surface area contributed by atoms with Crippen LogP contribution in [0.1, 0.15) is 122 Å². The molecule has 2 heterocycles. The van der Waals surface area contributed by atoms with E-state index in [1.807, 2.05) is 96.1 Å². The van der Waals surface area contributed by atoms with Crippen LogP contribution < -0.4 is 0 Å². The molecule has 8 aromatic rings. The number of carbonyl (C=O) groups excluding carboxylic acids is 5. The van der Waals surface area contributed by atoms with Gasteiger partial charge in [0.2, 0.25) is 5.91 Å². The molecule has 1 unspecified atom stereocenters. The van der Waals surface area contributed by atoms with Crippen molar-refractivity contribution in [3.63, 3.8) is 0 Å². The number of aromatic nitrogens is 2. The van der Waals surface area contributed by atoms with Crippen LogP contribution in [0.15, 0.2) is 157 Å². The fourth-order valence-electron chi connectivity index (χ4n) is 9.85. The molecule has 8 rings (SSSR count). The maximum absolute atomic E-state index is 13.2. The van der Waals surface area contributed by atoms with Crippen molar-refractivity contribution in [3.8, 4) is 34.4 Å². The van der Waals surface area contributed by atoms with Gasteiger partial charge in [0.15, 0.2) is 6.29 Å². The Morgan fingerprint density at radius 2 is 1.06 bits per heavy atom. The SMILES string of the molecule is CCOC(OCC)C(C)N(C(C)=O)C(=CC(=O)OC)c1cc(Cl)ccc1CC.CCc1ccc(Cl)cc1-c1[nH]ccc1C(=O)OC.CCc1ccc(Cl)cc1-c1c(C(=O)OC)ccn1S(=O)(=O)c1ccccc1.CCc1ccc(Cl)cc1C#CC(=O)OC.CCc1ccc(Cl)cc1I.[I][V][I]. The number of methoxy groups -OCH3 is 4. The second kappa shape index (κ2) is 47.2. The summed E-state index contributed by atoms with van der Waals surface area (Å²) in [6, 6.07) is 38.5. The Morgan fingerprint density at radius 1 is 0.584 bits per heavy atom. The maximum atomic E-state index is 13.2. The summed E-state index contributed by atoms with van der Waals surface area (Å²) in [5.74, 6) is 2.79. The van der Waals surface area contributed by atoms with Crippen LogP contribution in [0.4, 0.5) is 0 Å². The number of aryl methyl sites for hydroxylation is 5. The van der Waals surface area contributed by atoms with Crippen LogP contribution in [0.2, 0.25) is 25.1 Å². The van der Waals surface area contributed by atoms with Gasteiger partial charge < -0.3 is 38.3 Å². The minimum absolute atomic E-state index is 0.123. The number of rotatable bonds is 20. The van der Waals surface area contributed by atoms with Crippen molar-refractivity contribution < 1.29 is 70.3 Å². The number of ether oxygens (including phenoxy) is 6. The third kappa shape index (κ3) is 27.6. The van der Waals surface area contributed by atoms with Crippen LogP contribution in [0.25, 0.3) is 28.2 Å². The van der Waals surface area contributed by atoms with E-state index in [4.69, 9.17) is 81.7 Å². The first-order valence-electron chi connectivity index (χ1n) is 31.5. The van der Waals surface area contributed by atoms with Crippen LogP contribution >= 0.6 is 121 Å². The number of hydrogen-bond donors (Lipinski definition) is 1. The standard InChI is InChI=1S/C21H30ClNO5.C20H18ClNO4S.C14H14ClNO2.C12H11ClO2.C8H8ClI.2HI.V/c1-7-16-10-11-17(22)12-18(16)19(13-20(25)26-6)23(15(5)24)14(4)21(27-8-2)28-9-3;1-3-14-9-10-15(21)13-18(14)19-17(20(23)26-2)11-12-22(19)27(24,25)16-7-5-4-6-8-16;1-3-9-4-5-10(15)8-12(9)13-11(6-7-16-13)14(17)18-2;1-3-9-4-6-11(13)8-10(9)5-7-12(14)15-2;1-2-6-3-4-7(9)5-8(6)10;;;/h10-14,21H,7-9H2,1-6H3;4-13H,3H2,1-2H3;4-8,16H,3H2,1-2H3;4,6,8H,3H2,1-2H3;3-5H,2H2,1H3;2*1H;/q;;;;;;;+2/p-2. The van der Waals surface area contributed by atoms with Crippen LogP contribution in [0.5, 0.6) is 0 Å². The number of benzene rings is 6. The van der Waals surface area contributed by atoms with Gasteiger partial charge in [-0.05, 0) is 188 Å². The van der Waals surface area contributed by atoms with Crippen LogP contribution in [-0.4, -0.2) is 106 Å². The number of nitrogens with one attached hydrogen (secondary N) is 1. The van der Waals surface area contributed by atoms with Gasteiger partial charge in [0.1, 0.15) is 0 Å². The number of H-pyrrole nitrogens is 1. The molecule has 0 aliphatic carbocycles. The number of hydrogen-bond acceptors (Lipinski definition) is 13. The molecule has 0 saturated carbocycles. The molecule has 0 fully saturated rings. The first kappa shape index (κ1) is 89.8. The van der Waals surface area contributed by atoms with E-state index in [9.17, 15) is 32.4 Å². The summed E-state index contributed by atoms with van der Waals surface area (Å²) >= 11 is 37.1. The molecular formula is C75H81Cl5I3N3O13SV. The van der Waals surface area contributed by atoms with Gasteiger partial charge >= 0.3 is 73.3 Å². The van der Waals surface area contributed by atoms with Crippen molar-refractivity contribution in [1.82, 2.24) is 13.9 Å². The van der Waals surface area contributed by atoms with E-state index >= 15 is 0 Å².